The number of thiocarbonyl (C=S) groups is 1. The third-order valence-electron chi connectivity index (χ3n) is 2.40. The van der Waals surface area contributed by atoms with Crippen molar-refractivity contribution in [3.8, 4) is 0 Å². The van der Waals surface area contributed by atoms with E-state index < -0.39 is 10.0 Å². The summed E-state index contributed by atoms with van der Waals surface area (Å²) in [4.78, 5) is 8.73. The fourth-order valence-corrected chi connectivity index (χ4v) is 3.75. The molecule has 0 aliphatic rings. The standard InChI is InChI=1S/C11H12N4O2S3/c1-7-14-5-8(19-7)6-15-20(16,17)9-3-2-4-13-10(9)11(12)18/h2-5,15H,6H2,1H3,(H2,12,18). The molecule has 20 heavy (non-hydrogen) atoms. The minimum absolute atomic E-state index is 0.0197. The van der Waals surface area contributed by atoms with Crippen LogP contribution in [0.15, 0.2) is 29.4 Å². The first-order valence-electron chi connectivity index (χ1n) is 5.56. The lowest BCUT2D eigenvalue weighted by Gasteiger charge is -2.08. The van der Waals surface area contributed by atoms with E-state index in [0.717, 1.165) is 9.88 Å². The molecule has 3 N–H and O–H groups in total. The Morgan fingerprint density at radius 3 is 2.85 bits per heavy atom. The topological polar surface area (TPSA) is 98.0 Å². The Morgan fingerprint density at radius 2 is 2.25 bits per heavy atom. The summed E-state index contributed by atoms with van der Waals surface area (Å²) in [6.45, 7) is 2.02. The van der Waals surface area contributed by atoms with Crippen LogP contribution in [0.1, 0.15) is 15.6 Å². The highest BCUT2D eigenvalue weighted by Crippen LogP contribution is 2.15. The third kappa shape index (κ3) is 3.37. The van der Waals surface area contributed by atoms with Gasteiger partial charge in [0.25, 0.3) is 0 Å². The number of pyridine rings is 1. The van der Waals surface area contributed by atoms with Gasteiger partial charge in [0.2, 0.25) is 10.0 Å². The zero-order valence-corrected chi connectivity index (χ0v) is 13.0. The number of aryl methyl sites for hydroxylation is 1. The molecule has 0 aromatic carbocycles. The van der Waals surface area contributed by atoms with Crippen molar-refractivity contribution < 1.29 is 8.42 Å². The van der Waals surface area contributed by atoms with Crippen LogP contribution in [0.2, 0.25) is 0 Å². The van der Waals surface area contributed by atoms with Crippen LogP contribution in [0.4, 0.5) is 0 Å². The van der Waals surface area contributed by atoms with Crippen molar-refractivity contribution in [1.29, 1.82) is 0 Å². The maximum absolute atomic E-state index is 12.3. The van der Waals surface area contributed by atoms with Gasteiger partial charge < -0.3 is 5.73 Å². The lowest BCUT2D eigenvalue weighted by molar-refractivity contribution is 0.581. The lowest BCUT2D eigenvalue weighted by atomic mass is 10.3. The van der Waals surface area contributed by atoms with E-state index in [1.807, 2.05) is 6.92 Å². The molecule has 0 saturated heterocycles. The summed E-state index contributed by atoms with van der Waals surface area (Å²) in [6, 6.07) is 2.94. The number of aromatic nitrogens is 2. The van der Waals surface area contributed by atoms with Crippen LogP contribution >= 0.6 is 23.6 Å². The van der Waals surface area contributed by atoms with E-state index in [4.69, 9.17) is 18.0 Å². The van der Waals surface area contributed by atoms with Gasteiger partial charge in [-0.3, -0.25) is 4.98 Å². The molecule has 2 heterocycles. The van der Waals surface area contributed by atoms with E-state index in [9.17, 15) is 8.42 Å². The first kappa shape index (κ1) is 15.0. The van der Waals surface area contributed by atoms with Gasteiger partial charge >= 0.3 is 0 Å². The van der Waals surface area contributed by atoms with E-state index in [-0.39, 0.29) is 22.1 Å². The average molecular weight is 328 g/mol. The number of nitrogens with zero attached hydrogens (tertiary/aromatic N) is 2. The van der Waals surface area contributed by atoms with Gasteiger partial charge in [-0.2, -0.15) is 0 Å². The molecular formula is C11H12N4O2S3. The van der Waals surface area contributed by atoms with E-state index in [1.165, 1.54) is 29.7 Å². The minimum atomic E-state index is -3.73. The molecule has 0 radical (unpaired) electrons. The van der Waals surface area contributed by atoms with Crippen molar-refractivity contribution >= 4 is 38.6 Å². The number of nitrogens with one attached hydrogen (secondary N) is 1. The second-order valence-electron chi connectivity index (χ2n) is 3.88. The van der Waals surface area contributed by atoms with Gasteiger partial charge in [-0.05, 0) is 19.1 Å². The Kier molecular flexibility index (Phi) is 4.43. The van der Waals surface area contributed by atoms with Crippen LogP contribution in [0, 0.1) is 6.92 Å². The van der Waals surface area contributed by atoms with Crippen molar-refractivity contribution in [2.45, 2.75) is 18.4 Å². The minimum Gasteiger partial charge on any atom is -0.388 e. The highest BCUT2D eigenvalue weighted by molar-refractivity contribution is 7.89. The maximum atomic E-state index is 12.3. The number of hydrogen-bond acceptors (Lipinski definition) is 6. The molecule has 106 valence electrons. The van der Waals surface area contributed by atoms with Crippen LogP contribution < -0.4 is 10.5 Å². The molecule has 9 heteroatoms. The zero-order chi connectivity index (χ0) is 14.8. The highest BCUT2D eigenvalue weighted by atomic mass is 32.2. The van der Waals surface area contributed by atoms with Crippen LogP contribution in [0.25, 0.3) is 0 Å². The Labute approximate surface area is 126 Å². The Hall–Kier alpha value is -1.42. The second kappa shape index (κ2) is 5.92. The molecule has 2 rings (SSSR count). The van der Waals surface area contributed by atoms with Gasteiger partial charge in [0.05, 0.1) is 5.01 Å². The molecule has 0 amide bonds. The molecular weight excluding hydrogens is 316 g/mol. The number of thiazole rings is 1. The van der Waals surface area contributed by atoms with Gasteiger partial charge in [0.1, 0.15) is 15.6 Å². The summed E-state index contributed by atoms with van der Waals surface area (Å²) >= 11 is 6.24. The van der Waals surface area contributed by atoms with E-state index >= 15 is 0 Å². The molecule has 0 fully saturated rings. The molecule has 0 bridgehead atoms. The molecule has 0 atom stereocenters. The van der Waals surface area contributed by atoms with Crippen molar-refractivity contribution in [2.75, 3.05) is 0 Å². The summed E-state index contributed by atoms with van der Waals surface area (Å²) < 4.78 is 27.0. The summed E-state index contributed by atoms with van der Waals surface area (Å²) in [5.74, 6) is 0. The largest absolute Gasteiger partial charge is 0.388 e. The predicted octanol–water partition coefficient (Wildman–Crippen LogP) is 0.959. The van der Waals surface area contributed by atoms with E-state index in [2.05, 4.69) is 14.7 Å². The molecule has 0 saturated carbocycles. The Morgan fingerprint density at radius 1 is 1.50 bits per heavy atom. The van der Waals surface area contributed by atoms with Gasteiger partial charge in [0, 0.05) is 23.8 Å². The molecule has 0 aliphatic heterocycles. The number of sulfonamides is 1. The van der Waals surface area contributed by atoms with Crippen LogP contribution in [-0.4, -0.2) is 23.4 Å². The number of nitrogens with two attached hydrogens (primary N) is 1. The molecule has 0 unspecified atom stereocenters. The van der Waals surface area contributed by atoms with Crippen LogP contribution in [0.5, 0.6) is 0 Å². The fourth-order valence-electron chi connectivity index (χ4n) is 1.52. The van der Waals surface area contributed by atoms with Gasteiger partial charge in [-0.15, -0.1) is 11.3 Å². The monoisotopic (exact) mass is 328 g/mol. The smallest absolute Gasteiger partial charge is 0.243 e. The summed E-state index contributed by atoms with van der Waals surface area (Å²) in [6.07, 6.45) is 3.08. The van der Waals surface area contributed by atoms with Crippen LogP contribution in [0.3, 0.4) is 0 Å². The van der Waals surface area contributed by atoms with Crippen molar-refractivity contribution in [2.24, 2.45) is 5.73 Å². The van der Waals surface area contributed by atoms with Crippen molar-refractivity contribution in [1.82, 2.24) is 14.7 Å². The van der Waals surface area contributed by atoms with E-state index in [0.29, 0.717) is 0 Å². The fraction of sp³-hybridized carbons (Fsp3) is 0.182. The van der Waals surface area contributed by atoms with Gasteiger partial charge in [-0.25, -0.2) is 18.1 Å². The lowest BCUT2D eigenvalue weighted by Crippen LogP contribution is -2.26. The molecule has 0 spiro atoms. The first-order valence-corrected chi connectivity index (χ1v) is 8.27. The Balaban J connectivity index is 2.25. The van der Waals surface area contributed by atoms with Gasteiger partial charge in [-0.1, -0.05) is 12.2 Å². The summed E-state index contributed by atoms with van der Waals surface area (Å²) in [5, 5.41) is 0.879. The maximum Gasteiger partial charge on any atom is 0.243 e. The highest BCUT2D eigenvalue weighted by Gasteiger charge is 2.20. The summed E-state index contributed by atoms with van der Waals surface area (Å²) in [5.41, 5.74) is 5.58. The number of rotatable bonds is 5. The SMILES string of the molecule is Cc1ncc(CNS(=O)(=O)c2cccnc2C(N)=S)s1. The Bertz CT molecular complexity index is 740. The van der Waals surface area contributed by atoms with E-state index in [1.54, 1.807) is 6.20 Å². The zero-order valence-electron chi connectivity index (χ0n) is 10.5. The quantitative estimate of drug-likeness (QED) is 0.793. The first-order chi connectivity index (χ1) is 9.40. The second-order valence-corrected chi connectivity index (χ2v) is 7.38. The molecule has 6 nitrogen and oxygen atoms in total. The molecule has 0 aliphatic carbocycles. The molecule has 2 aromatic heterocycles. The molecule has 2 aromatic rings. The summed E-state index contributed by atoms with van der Waals surface area (Å²) in [7, 11) is -3.73. The van der Waals surface area contributed by atoms with Crippen molar-refractivity contribution in [3.63, 3.8) is 0 Å². The van der Waals surface area contributed by atoms with Crippen molar-refractivity contribution in [3.05, 3.63) is 40.1 Å². The predicted molar refractivity (Wildman–Crippen MR) is 81.0 cm³/mol. The van der Waals surface area contributed by atoms with Gasteiger partial charge in [0.15, 0.2) is 0 Å². The third-order valence-corrected chi connectivity index (χ3v) is 4.94. The van der Waals surface area contributed by atoms with Crippen LogP contribution in [-0.2, 0) is 16.6 Å². The average Bonchev–Trinajstić information content (AvgIpc) is 2.82. The number of hydrogen-bond donors (Lipinski definition) is 2. The normalized spacial score (nSPS) is 11.4.